The van der Waals surface area contributed by atoms with E-state index in [-0.39, 0.29) is 6.61 Å². The number of alkyl carbamates (subject to hydrolysis) is 1. The summed E-state index contributed by atoms with van der Waals surface area (Å²) in [5, 5.41) is 2.33. The number of esters is 1. The fourth-order valence-corrected chi connectivity index (χ4v) is 1.35. The second-order valence-corrected chi connectivity index (χ2v) is 4.52. The third-order valence-electron chi connectivity index (χ3n) is 2.18. The number of hydrogen-bond acceptors (Lipinski definition) is 4. The Bertz CT molecular complexity index is 422. The van der Waals surface area contributed by atoms with Gasteiger partial charge in [0, 0.05) is 0 Å². The van der Waals surface area contributed by atoms with E-state index in [0.717, 1.165) is 5.56 Å². The predicted octanol–water partition coefficient (Wildman–Crippen LogP) is 2.43. The second-order valence-electron chi connectivity index (χ2n) is 3.91. The molecule has 0 saturated carbocycles. The molecule has 1 aromatic rings. The Morgan fingerprint density at radius 3 is 2.47 bits per heavy atom. The van der Waals surface area contributed by atoms with Crippen LogP contribution in [-0.2, 0) is 20.9 Å². The smallest absolute Gasteiger partial charge is 0.409 e. The molecule has 2 unspecified atom stereocenters. The number of hydrogen-bond donors (Lipinski definition) is 1. The highest BCUT2D eigenvalue weighted by Gasteiger charge is 2.18. The molecule has 1 N–H and O–H groups in total. The number of benzene rings is 1. The van der Waals surface area contributed by atoms with Gasteiger partial charge in [0.25, 0.3) is 0 Å². The molecule has 5 nitrogen and oxygen atoms in total. The highest BCUT2D eigenvalue weighted by molar-refractivity contribution is 6.19. The van der Waals surface area contributed by atoms with Crippen molar-refractivity contribution < 1.29 is 19.1 Å². The molecule has 0 aliphatic rings. The molecule has 0 aliphatic heterocycles. The van der Waals surface area contributed by atoms with Gasteiger partial charge in [0.1, 0.15) is 12.6 Å². The van der Waals surface area contributed by atoms with Crippen LogP contribution in [-0.4, -0.2) is 23.7 Å². The van der Waals surface area contributed by atoms with Crippen LogP contribution in [0.1, 0.15) is 19.4 Å². The van der Waals surface area contributed by atoms with Crippen molar-refractivity contribution in [2.75, 3.05) is 0 Å². The fourth-order valence-electron chi connectivity index (χ4n) is 1.27. The molecule has 0 bridgehead atoms. The lowest BCUT2D eigenvalue weighted by atomic mass is 10.2. The van der Waals surface area contributed by atoms with Gasteiger partial charge < -0.3 is 14.8 Å². The highest BCUT2D eigenvalue weighted by atomic mass is 35.5. The molecular formula is C13H16ClNO4. The maximum atomic E-state index is 11.6. The average Bonchev–Trinajstić information content (AvgIpc) is 2.36. The number of nitrogens with one attached hydrogen (secondary N) is 1. The van der Waals surface area contributed by atoms with Crippen LogP contribution in [0.3, 0.4) is 0 Å². The molecule has 1 rings (SSSR count). The van der Waals surface area contributed by atoms with Crippen molar-refractivity contribution in [2.24, 2.45) is 0 Å². The van der Waals surface area contributed by atoms with Crippen molar-refractivity contribution >= 4 is 23.7 Å². The molecule has 0 aromatic heterocycles. The number of amides is 1. The summed E-state index contributed by atoms with van der Waals surface area (Å²) in [4.78, 5) is 22.8. The third kappa shape index (κ3) is 6.10. The first-order valence-corrected chi connectivity index (χ1v) is 6.24. The Labute approximate surface area is 116 Å². The van der Waals surface area contributed by atoms with Crippen LogP contribution in [0.2, 0.25) is 0 Å². The van der Waals surface area contributed by atoms with E-state index in [1.165, 1.54) is 13.8 Å². The summed E-state index contributed by atoms with van der Waals surface area (Å²) in [6.07, 6.45) is -0.758. The van der Waals surface area contributed by atoms with E-state index in [9.17, 15) is 9.59 Å². The molecule has 1 aromatic carbocycles. The summed E-state index contributed by atoms with van der Waals surface area (Å²) in [6, 6.07) is 8.46. The Morgan fingerprint density at radius 2 is 1.89 bits per heavy atom. The van der Waals surface area contributed by atoms with Gasteiger partial charge in [-0.25, -0.2) is 9.59 Å². The van der Waals surface area contributed by atoms with E-state index in [4.69, 9.17) is 16.3 Å². The summed E-state index contributed by atoms with van der Waals surface area (Å²) < 4.78 is 9.69. The molecule has 6 heteroatoms. The average molecular weight is 286 g/mol. The summed E-state index contributed by atoms with van der Waals surface area (Å²) >= 11 is 5.48. The second kappa shape index (κ2) is 7.63. The molecule has 0 aliphatic carbocycles. The van der Waals surface area contributed by atoms with Crippen LogP contribution < -0.4 is 5.32 Å². The van der Waals surface area contributed by atoms with Crippen LogP contribution in [0, 0.1) is 0 Å². The quantitative estimate of drug-likeness (QED) is 0.666. The largest absolute Gasteiger partial charge is 0.459 e. The lowest BCUT2D eigenvalue weighted by molar-refractivity contribution is -0.146. The van der Waals surface area contributed by atoms with E-state index in [2.05, 4.69) is 10.1 Å². The number of ether oxygens (including phenoxy) is 2. The Balaban J connectivity index is 2.35. The number of rotatable bonds is 5. The predicted molar refractivity (Wildman–Crippen MR) is 70.6 cm³/mol. The van der Waals surface area contributed by atoms with Crippen molar-refractivity contribution in [3.8, 4) is 0 Å². The van der Waals surface area contributed by atoms with E-state index in [0.29, 0.717) is 0 Å². The van der Waals surface area contributed by atoms with Gasteiger partial charge in [-0.05, 0) is 19.4 Å². The SMILES string of the molecule is CC(Cl)OC(=O)NC(C)C(=O)OCc1ccccc1. The molecule has 0 saturated heterocycles. The topological polar surface area (TPSA) is 64.6 Å². The first kappa shape index (κ1) is 15.3. The minimum Gasteiger partial charge on any atom is -0.459 e. The van der Waals surface area contributed by atoms with Crippen molar-refractivity contribution in [2.45, 2.75) is 32.1 Å². The van der Waals surface area contributed by atoms with Gasteiger partial charge in [-0.1, -0.05) is 41.9 Å². The Morgan fingerprint density at radius 1 is 1.26 bits per heavy atom. The lowest BCUT2D eigenvalue weighted by Gasteiger charge is -2.14. The maximum absolute atomic E-state index is 11.6. The summed E-state index contributed by atoms with van der Waals surface area (Å²) in [6.45, 7) is 3.17. The Kier molecular flexibility index (Phi) is 6.15. The zero-order chi connectivity index (χ0) is 14.3. The molecule has 1 amide bonds. The van der Waals surface area contributed by atoms with Crippen LogP contribution in [0.5, 0.6) is 0 Å². The minimum absolute atomic E-state index is 0.159. The third-order valence-corrected chi connectivity index (χ3v) is 2.27. The zero-order valence-corrected chi connectivity index (χ0v) is 11.5. The minimum atomic E-state index is -0.799. The van der Waals surface area contributed by atoms with Crippen LogP contribution in [0.25, 0.3) is 0 Å². The summed E-state index contributed by atoms with van der Waals surface area (Å²) in [5.74, 6) is -0.539. The highest BCUT2D eigenvalue weighted by Crippen LogP contribution is 2.02. The van der Waals surface area contributed by atoms with Gasteiger partial charge in [-0.15, -0.1) is 0 Å². The Hall–Kier alpha value is -1.75. The van der Waals surface area contributed by atoms with Crippen LogP contribution >= 0.6 is 11.6 Å². The lowest BCUT2D eigenvalue weighted by Crippen LogP contribution is -2.40. The van der Waals surface area contributed by atoms with E-state index >= 15 is 0 Å². The van der Waals surface area contributed by atoms with Gasteiger partial charge in [0.05, 0.1) is 0 Å². The zero-order valence-electron chi connectivity index (χ0n) is 10.8. The summed E-state index contributed by atoms with van der Waals surface area (Å²) in [5.41, 5.74) is 0.118. The molecule has 0 fully saturated rings. The maximum Gasteiger partial charge on any atom is 0.409 e. The molecule has 0 spiro atoms. The van der Waals surface area contributed by atoms with Gasteiger partial charge >= 0.3 is 12.1 Å². The standard InChI is InChI=1S/C13H16ClNO4/c1-9(15-13(17)19-10(2)14)12(16)18-8-11-6-4-3-5-7-11/h3-7,9-10H,8H2,1-2H3,(H,15,17). The van der Waals surface area contributed by atoms with Crippen molar-refractivity contribution in [3.63, 3.8) is 0 Å². The molecule has 104 valence electrons. The van der Waals surface area contributed by atoms with E-state index < -0.39 is 23.7 Å². The molecule has 0 heterocycles. The van der Waals surface area contributed by atoms with E-state index in [1.807, 2.05) is 30.3 Å². The number of carbonyl (C=O) groups excluding carboxylic acids is 2. The normalized spacial score (nSPS) is 13.2. The monoisotopic (exact) mass is 285 g/mol. The van der Waals surface area contributed by atoms with Crippen LogP contribution in [0.4, 0.5) is 4.79 Å². The number of carbonyl (C=O) groups is 2. The van der Waals surface area contributed by atoms with Crippen LogP contribution in [0.15, 0.2) is 30.3 Å². The van der Waals surface area contributed by atoms with Gasteiger partial charge in [-0.3, -0.25) is 0 Å². The number of halogens is 1. The molecule has 0 radical (unpaired) electrons. The summed E-state index contributed by atoms with van der Waals surface area (Å²) in [7, 11) is 0. The van der Waals surface area contributed by atoms with Gasteiger partial charge in [-0.2, -0.15) is 0 Å². The van der Waals surface area contributed by atoms with Gasteiger partial charge in [0.2, 0.25) is 0 Å². The molecular weight excluding hydrogens is 270 g/mol. The first-order valence-electron chi connectivity index (χ1n) is 5.81. The van der Waals surface area contributed by atoms with Gasteiger partial charge in [0.15, 0.2) is 5.56 Å². The first-order chi connectivity index (χ1) is 8.99. The van der Waals surface area contributed by atoms with Crippen molar-refractivity contribution in [1.82, 2.24) is 5.32 Å². The van der Waals surface area contributed by atoms with Crippen molar-refractivity contribution in [1.29, 1.82) is 0 Å². The number of alkyl halides is 1. The van der Waals surface area contributed by atoms with E-state index in [1.54, 1.807) is 0 Å². The van der Waals surface area contributed by atoms with Crippen molar-refractivity contribution in [3.05, 3.63) is 35.9 Å². The molecule has 2 atom stereocenters. The molecule has 19 heavy (non-hydrogen) atoms. The fraction of sp³-hybridized carbons (Fsp3) is 0.385.